The lowest BCUT2D eigenvalue weighted by Crippen LogP contribution is -2.36. The Morgan fingerprint density at radius 1 is 1.24 bits per heavy atom. The van der Waals surface area contributed by atoms with Crippen molar-refractivity contribution >= 4 is 6.03 Å². The molecular weight excluding hydrogens is 212 g/mol. The fraction of sp³-hybridized carbons (Fsp3) is 0.500. The molecule has 0 heterocycles. The van der Waals surface area contributed by atoms with Gasteiger partial charge in [-0.25, -0.2) is 4.79 Å². The maximum atomic E-state index is 11.2. The molecule has 0 aromatic heterocycles. The fourth-order valence-corrected chi connectivity index (χ4v) is 1.66. The van der Waals surface area contributed by atoms with Crippen molar-refractivity contribution in [2.75, 3.05) is 13.1 Å². The van der Waals surface area contributed by atoms with Crippen molar-refractivity contribution < 1.29 is 4.79 Å². The minimum atomic E-state index is -0.0592. The first-order valence-corrected chi connectivity index (χ1v) is 6.29. The van der Waals surface area contributed by atoms with Gasteiger partial charge in [0.25, 0.3) is 0 Å². The Morgan fingerprint density at radius 2 is 2.00 bits per heavy atom. The first-order chi connectivity index (χ1) is 8.22. The molecule has 0 fully saturated rings. The third-order valence-corrected chi connectivity index (χ3v) is 2.55. The molecule has 0 saturated heterocycles. The number of nitrogens with one attached hydrogen (secondary N) is 2. The lowest BCUT2D eigenvalue weighted by molar-refractivity contribution is 0.241. The summed E-state index contributed by atoms with van der Waals surface area (Å²) >= 11 is 0. The predicted molar refractivity (Wildman–Crippen MR) is 71.2 cm³/mol. The highest BCUT2D eigenvalue weighted by atomic mass is 16.2. The minimum Gasteiger partial charge on any atom is -0.338 e. The molecule has 0 aliphatic carbocycles. The van der Waals surface area contributed by atoms with E-state index in [9.17, 15) is 4.79 Å². The summed E-state index contributed by atoms with van der Waals surface area (Å²) in [5.74, 6) is 0. The predicted octanol–water partition coefficient (Wildman–Crippen LogP) is 2.64. The molecule has 3 heteroatoms. The van der Waals surface area contributed by atoms with Gasteiger partial charge in [-0.15, -0.1) is 0 Å². The van der Waals surface area contributed by atoms with Crippen LogP contribution in [0.15, 0.2) is 24.3 Å². The van der Waals surface area contributed by atoms with Gasteiger partial charge >= 0.3 is 6.03 Å². The third-order valence-electron chi connectivity index (χ3n) is 2.55. The first-order valence-electron chi connectivity index (χ1n) is 6.29. The highest BCUT2D eigenvalue weighted by Crippen LogP contribution is 2.05. The molecular formula is C14H22N2O. The average molecular weight is 234 g/mol. The molecule has 0 unspecified atom stereocenters. The van der Waals surface area contributed by atoms with Crippen LogP contribution in [0.2, 0.25) is 0 Å². The van der Waals surface area contributed by atoms with E-state index in [4.69, 9.17) is 0 Å². The lowest BCUT2D eigenvalue weighted by Gasteiger charge is -2.06. The van der Waals surface area contributed by atoms with Gasteiger partial charge in [-0.05, 0) is 31.7 Å². The molecule has 0 saturated carbocycles. The summed E-state index contributed by atoms with van der Waals surface area (Å²) in [6.07, 6.45) is 2.95. The molecule has 94 valence electrons. The number of urea groups is 1. The maximum Gasteiger partial charge on any atom is 0.314 e. The van der Waals surface area contributed by atoms with Gasteiger partial charge in [-0.3, -0.25) is 0 Å². The molecule has 0 spiro atoms. The topological polar surface area (TPSA) is 41.1 Å². The SMILES string of the molecule is CCCNC(=O)NCCCc1cccc(C)c1. The van der Waals surface area contributed by atoms with Crippen molar-refractivity contribution in [2.24, 2.45) is 0 Å². The maximum absolute atomic E-state index is 11.2. The summed E-state index contributed by atoms with van der Waals surface area (Å²) in [4.78, 5) is 11.2. The van der Waals surface area contributed by atoms with Crippen LogP contribution in [0.3, 0.4) is 0 Å². The van der Waals surface area contributed by atoms with Crippen molar-refractivity contribution in [3.8, 4) is 0 Å². The van der Waals surface area contributed by atoms with E-state index in [0.29, 0.717) is 0 Å². The summed E-state index contributed by atoms with van der Waals surface area (Å²) in [6, 6.07) is 8.43. The average Bonchev–Trinajstić information content (AvgIpc) is 2.32. The second-order valence-corrected chi connectivity index (χ2v) is 4.28. The summed E-state index contributed by atoms with van der Waals surface area (Å²) < 4.78 is 0. The van der Waals surface area contributed by atoms with Crippen molar-refractivity contribution in [3.05, 3.63) is 35.4 Å². The van der Waals surface area contributed by atoms with Crippen LogP contribution in [-0.4, -0.2) is 19.1 Å². The van der Waals surface area contributed by atoms with Gasteiger partial charge in [-0.2, -0.15) is 0 Å². The van der Waals surface area contributed by atoms with Crippen molar-refractivity contribution in [2.45, 2.75) is 33.1 Å². The van der Waals surface area contributed by atoms with E-state index < -0.39 is 0 Å². The van der Waals surface area contributed by atoms with Gasteiger partial charge in [0.15, 0.2) is 0 Å². The zero-order valence-electron chi connectivity index (χ0n) is 10.8. The number of amides is 2. The number of hydrogen-bond acceptors (Lipinski definition) is 1. The number of hydrogen-bond donors (Lipinski definition) is 2. The first kappa shape index (κ1) is 13.6. The fourth-order valence-electron chi connectivity index (χ4n) is 1.66. The van der Waals surface area contributed by atoms with Crippen LogP contribution >= 0.6 is 0 Å². The molecule has 0 aliphatic heterocycles. The summed E-state index contributed by atoms with van der Waals surface area (Å²) in [5.41, 5.74) is 2.62. The monoisotopic (exact) mass is 234 g/mol. The Hall–Kier alpha value is -1.51. The van der Waals surface area contributed by atoms with Crippen LogP contribution in [0.4, 0.5) is 4.79 Å². The van der Waals surface area contributed by atoms with E-state index in [1.54, 1.807) is 0 Å². The molecule has 2 amide bonds. The van der Waals surface area contributed by atoms with E-state index in [2.05, 4.69) is 41.8 Å². The standard InChI is InChI=1S/C14H22N2O/c1-3-9-15-14(17)16-10-5-8-13-7-4-6-12(2)11-13/h4,6-7,11H,3,5,8-10H2,1-2H3,(H2,15,16,17). The number of carbonyl (C=O) groups is 1. The molecule has 1 aromatic rings. The smallest absolute Gasteiger partial charge is 0.314 e. The van der Waals surface area contributed by atoms with Crippen LogP contribution in [-0.2, 0) is 6.42 Å². The summed E-state index contributed by atoms with van der Waals surface area (Å²) in [6.45, 7) is 5.60. The number of carbonyl (C=O) groups excluding carboxylic acids is 1. The number of benzene rings is 1. The molecule has 0 radical (unpaired) electrons. The van der Waals surface area contributed by atoms with E-state index in [-0.39, 0.29) is 6.03 Å². The van der Waals surface area contributed by atoms with Gasteiger partial charge in [0.2, 0.25) is 0 Å². The van der Waals surface area contributed by atoms with Gasteiger partial charge in [-0.1, -0.05) is 36.8 Å². The highest BCUT2D eigenvalue weighted by Gasteiger charge is 1.98. The lowest BCUT2D eigenvalue weighted by atomic mass is 10.1. The molecule has 0 aliphatic rings. The molecule has 0 bridgehead atoms. The van der Waals surface area contributed by atoms with Crippen LogP contribution in [0, 0.1) is 6.92 Å². The van der Waals surface area contributed by atoms with Gasteiger partial charge in [0, 0.05) is 13.1 Å². The highest BCUT2D eigenvalue weighted by molar-refractivity contribution is 5.73. The third kappa shape index (κ3) is 5.95. The van der Waals surface area contributed by atoms with E-state index in [1.807, 2.05) is 6.92 Å². The minimum absolute atomic E-state index is 0.0592. The van der Waals surface area contributed by atoms with Crippen LogP contribution in [0.1, 0.15) is 30.9 Å². The normalized spacial score (nSPS) is 10.0. The molecule has 0 atom stereocenters. The Balaban J connectivity index is 2.14. The quantitative estimate of drug-likeness (QED) is 0.730. The molecule has 1 rings (SSSR count). The van der Waals surface area contributed by atoms with Crippen LogP contribution in [0.25, 0.3) is 0 Å². The Morgan fingerprint density at radius 3 is 2.71 bits per heavy atom. The molecule has 17 heavy (non-hydrogen) atoms. The molecule has 3 nitrogen and oxygen atoms in total. The Kier molecular flexibility index (Phi) is 6.15. The summed E-state index contributed by atoms with van der Waals surface area (Å²) in [5, 5.41) is 5.64. The Labute approximate surface area is 104 Å². The summed E-state index contributed by atoms with van der Waals surface area (Å²) in [7, 11) is 0. The number of aryl methyl sites for hydroxylation is 2. The van der Waals surface area contributed by atoms with Crippen molar-refractivity contribution in [1.29, 1.82) is 0 Å². The van der Waals surface area contributed by atoms with E-state index in [1.165, 1.54) is 11.1 Å². The van der Waals surface area contributed by atoms with Crippen LogP contribution < -0.4 is 10.6 Å². The second kappa shape index (κ2) is 7.71. The second-order valence-electron chi connectivity index (χ2n) is 4.28. The van der Waals surface area contributed by atoms with Gasteiger partial charge in [0.1, 0.15) is 0 Å². The van der Waals surface area contributed by atoms with E-state index in [0.717, 1.165) is 32.4 Å². The van der Waals surface area contributed by atoms with Gasteiger partial charge in [0.05, 0.1) is 0 Å². The Bertz CT molecular complexity index is 350. The van der Waals surface area contributed by atoms with E-state index >= 15 is 0 Å². The molecule has 2 N–H and O–H groups in total. The zero-order chi connectivity index (χ0) is 12.5. The van der Waals surface area contributed by atoms with Crippen molar-refractivity contribution in [3.63, 3.8) is 0 Å². The van der Waals surface area contributed by atoms with Crippen LogP contribution in [0.5, 0.6) is 0 Å². The number of rotatable bonds is 6. The van der Waals surface area contributed by atoms with Crippen molar-refractivity contribution in [1.82, 2.24) is 10.6 Å². The molecule has 1 aromatic carbocycles. The largest absolute Gasteiger partial charge is 0.338 e. The van der Waals surface area contributed by atoms with Gasteiger partial charge < -0.3 is 10.6 Å². The zero-order valence-corrected chi connectivity index (χ0v) is 10.8.